The molecule has 200 valence electrons. The normalized spacial score (nSPS) is 14.2. The van der Waals surface area contributed by atoms with Crippen LogP contribution in [0.4, 0.5) is 10.1 Å². The number of phenols is 1. The minimum absolute atomic E-state index is 0.0438. The highest BCUT2D eigenvalue weighted by molar-refractivity contribution is 6.01. The molecule has 39 heavy (non-hydrogen) atoms. The summed E-state index contributed by atoms with van der Waals surface area (Å²) in [5.41, 5.74) is 2.65. The van der Waals surface area contributed by atoms with E-state index in [1.165, 1.54) is 41.3 Å². The van der Waals surface area contributed by atoms with Crippen LogP contribution >= 0.6 is 0 Å². The number of amides is 2. The number of carbonyl (C=O) groups excluding carboxylic acids is 2. The van der Waals surface area contributed by atoms with Crippen molar-refractivity contribution >= 4 is 17.5 Å². The predicted octanol–water partition coefficient (Wildman–Crippen LogP) is 4.33. The van der Waals surface area contributed by atoms with Crippen LogP contribution in [0.25, 0.3) is 11.4 Å². The fourth-order valence-corrected chi connectivity index (χ4v) is 4.79. The Hall–Kier alpha value is -4.60. The molecule has 5 rings (SSSR count). The number of nitrogens with one attached hydrogen (secondary N) is 1. The number of benzene rings is 3. The van der Waals surface area contributed by atoms with E-state index in [1.807, 2.05) is 19.1 Å². The number of phenolic OH excluding ortho intramolecular Hbond substituents is 1. The molecule has 0 saturated heterocycles. The summed E-state index contributed by atoms with van der Waals surface area (Å²) in [4.78, 5) is 30.3. The lowest BCUT2D eigenvalue weighted by atomic mass is 10.0. The summed E-state index contributed by atoms with van der Waals surface area (Å²) in [6, 6.07) is 18.3. The number of rotatable bonds is 8. The van der Waals surface area contributed by atoms with Gasteiger partial charge in [0.1, 0.15) is 24.2 Å². The van der Waals surface area contributed by atoms with Crippen molar-refractivity contribution in [1.29, 1.82) is 0 Å². The number of tetrazole rings is 1. The van der Waals surface area contributed by atoms with Crippen molar-refractivity contribution in [1.82, 2.24) is 25.5 Å². The van der Waals surface area contributed by atoms with Crippen LogP contribution in [0, 0.1) is 12.7 Å². The van der Waals surface area contributed by atoms with Gasteiger partial charge in [-0.1, -0.05) is 42.7 Å². The van der Waals surface area contributed by atoms with Crippen molar-refractivity contribution < 1.29 is 19.1 Å². The lowest BCUT2D eigenvalue weighted by Crippen LogP contribution is -2.47. The summed E-state index contributed by atoms with van der Waals surface area (Å²) < 4.78 is 13.3. The van der Waals surface area contributed by atoms with Gasteiger partial charge in [-0.15, -0.1) is 10.2 Å². The number of halogens is 1. The van der Waals surface area contributed by atoms with E-state index in [1.54, 1.807) is 24.3 Å². The smallest absolute Gasteiger partial charge is 0.251 e. The van der Waals surface area contributed by atoms with Crippen LogP contribution in [-0.2, 0) is 16.1 Å². The SMILES string of the molecule is Cc1ccc(N(C(=O)Cn2nnc(-c3ccc(F)cc3)n2)C(C(=O)NC2CCCC2)c2ccc(O)cc2)cc1. The molecule has 0 bridgehead atoms. The average molecular weight is 529 g/mol. The first-order valence-electron chi connectivity index (χ1n) is 12.9. The topological polar surface area (TPSA) is 113 Å². The van der Waals surface area contributed by atoms with E-state index in [4.69, 9.17) is 0 Å². The van der Waals surface area contributed by atoms with E-state index in [0.717, 1.165) is 36.0 Å². The second-order valence-corrected chi connectivity index (χ2v) is 9.73. The summed E-state index contributed by atoms with van der Waals surface area (Å²) in [7, 11) is 0. The summed E-state index contributed by atoms with van der Waals surface area (Å²) in [6.07, 6.45) is 3.87. The fourth-order valence-electron chi connectivity index (χ4n) is 4.79. The molecule has 2 amide bonds. The van der Waals surface area contributed by atoms with E-state index in [0.29, 0.717) is 16.8 Å². The Morgan fingerprint density at radius 2 is 1.69 bits per heavy atom. The summed E-state index contributed by atoms with van der Waals surface area (Å²) >= 11 is 0. The minimum Gasteiger partial charge on any atom is -0.508 e. The van der Waals surface area contributed by atoms with Gasteiger partial charge in [0.25, 0.3) is 5.91 Å². The van der Waals surface area contributed by atoms with Crippen LogP contribution in [0.2, 0.25) is 0 Å². The number of carbonyl (C=O) groups is 2. The molecule has 1 heterocycles. The molecule has 2 N–H and O–H groups in total. The molecular weight excluding hydrogens is 499 g/mol. The van der Waals surface area contributed by atoms with Gasteiger partial charge in [-0.2, -0.15) is 4.80 Å². The average Bonchev–Trinajstić information content (AvgIpc) is 3.61. The number of hydrogen-bond donors (Lipinski definition) is 2. The van der Waals surface area contributed by atoms with Gasteiger partial charge in [-0.3, -0.25) is 14.5 Å². The third-order valence-electron chi connectivity index (χ3n) is 6.83. The van der Waals surface area contributed by atoms with Gasteiger partial charge in [0.15, 0.2) is 0 Å². The number of anilines is 1. The molecule has 1 fully saturated rings. The summed E-state index contributed by atoms with van der Waals surface area (Å²) in [5.74, 6) is -0.811. The Morgan fingerprint density at radius 3 is 2.36 bits per heavy atom. The second-order valence-electron chi connectivity index (χ2n) is 9.73. The number of aromatic nitrogens is 4. The number of aryl methyl sites for hydroxylation is 1. The van der Waals surface area contributed by atoms with Crippen molar-refractivity contribution in [3.63, 3.8) is 0 Å². The van der Waals surface area contributed by atoms with Gasteiger partial charge in [0.2, 0.25) is 11.7 Å². The van der Waals surface area contributed by atoms with E-state index >= 15 is 0 Å². The first-order chi connectivity index (χ1) is 18.9. The Labute approximate surface area is 225 Å². The summed E-state index contributed by atoms with van der Waals surface area (Å²) in [6.45, 7) is 1.66. The maximum atomic E-state index is 13.9. The zero-order chi connectivity index (χ0) is 27.4. The predicted molar refractivity (Wildman–Crippen MR) is 143 cm³/mol. The molecule has 0 radical (unpaired) electrons. The van der Waals surface area contributed by atoms with Crippen molar-refractivity contribution in [3.8, 4) is 17.1 Å². The van der Waals surface area contributed by atoms with Crippen LogP contribution in [0.1, 0.15) is 42.9 Å². The summed E-state index contributed by atoms with van der Waals surface area (Å²) in [5, 5.41) is 25.3. The maximum Gasteiger partial charge on any atom is 0.251 e. The maximum absolute atomic E-state index is 13.9. The van der Waals surface area contributed by atoms with Crippen molar-refractivity contribution in [2.45, 2.75) is 51.2 Å². The third-order valence-corrected chi connectivity index (χ3v) is 6.83. The highest BCUT2D eigenvalue weighted by Gasteiger charge is 2.34. The number of aromatic hydroxyl groups is 1. The first-order valence-corrected chi connectivity index (χ1v) is 12.9. The van der Waals surface area contributed by atoms with E-state index < -0.39 is 11.9 Å². The molecule has 1 unspecified atom stereocenters. The molecule has 1 aliphatic rings. The van der Waals surface area contributed by atoms with E-state index in [9.17, 15) is 19.1 Å². The largest absolute Gasteiger partial charge is 0.508 e. The van der Waals surface area contributed by atoms with Crippen LogP contribution in [0.3, 0.4) is 0 Å². The van der Waals surface area contributed by atoms with Crippen molar-refractivity contribution in [3.05, 3.63) is 89.7 Å². The molecule has 0 spiro atoms. The molecule has 10 heteroatoms. The standard InChI is InChI=1S/C29H29FN6O3/c1-19-6-14-24(15-7-19)36(26(38)18-35-33-28(32-34-35)21-8-12-22(30)13-9-21)27(20-10-16-25(37)17-11-20)29(39)31-23-4-2-3-5-23/h6-17,23,27,37H,2-5,18H2,1H3,(H,31,39). The van der Waals surface area contributed by atoms with Crippen molar-refractivity contribution in [2.24, 2.45) is 0 Å². The van der Waals surface area contributed by atoms with Crippen LogP contribution < -0.4 is 10.2 Å². The van der Waals surface area contributed by atoms with E-state index in [-0.39, 0.29) is 35.9 Å². The molecule has 0 aliphatic heterocycles. The third kappa shape index (κ3) is 6.11. The quantitative estimate of drug-likeness (QED) is 0.352. The monoisotopic (exact) mass is 528 g/mol. The zero-order valence-corrected chi connectivity index (χ0v) is 21.5. The molecule has 1 saturated carbocycles. The van der Waals surface area contributed by atoms with Gasteiger partial charge >= 0.3 is 0 Å². The molecule has 9 nitrogen and oxygen atoms in total. The van der Waals surface area contributed by atoms with Gasteiger partial charge in [0, 0.05) is 17.3 Å². The lowest BCUT2D eigenvalue weighted by molar-refractivity contribution is -0.127. The fraction of sp³-hybridized carbons (Fsp3) is 0.276. The minimum atomic E-state index is -0.999. The lowest BCUT2D eigenvalue weighted by Gasteiger charge is -2.32. The first kappa shape index (κ1) is 26.0. The Bertz CT molecular complexity index is 1430. The number of nitrogens with zero attached hydrogens (tertiary/aromatic N) is 5. The number of hydrogen-bond acceptors (Lipinski definition) is 6. The molecule has 1 atom stereocenters. The molecule has 3 aromatic carbocycles. The van der Waals surface area contributed by atoms with Crippen molar-refractivity contribution in [2.75, 3.05) is 4.90 Å². The van der Waals surface area contributed by atoms with Gasteiger partial charge < -0.3 is 10.4 Å². The van der Waals surface area contributed by atoms with Gasteiger partial charge in [-0.05, 0) is 79.1 Å². The van der Waals surface area contributed by atoms with Crippen LogP contribution in [0.15, 0.2) is 72.8 Å². The molecule has 1 aliphatic carbocycles. The van der Waals surface area contributed by atoms with E-state index in [2.05, 4.69) is 20.7 Å². The zero-order valence-electron chi connectivity index (χ0n) is 21.5. The molecular formula is C29H29FN6O3. The Balaban J connectivity index is 1.49. The Morgan fingerprint density at radius 1 is 1.03 bits per heavy atom. The molecule has 1 aromatic heterocycles. The highest BCUT2D eigenvalue weighted by atomic mass is 19.1. The van der Waals surface area contributed by atoms with Gasteiger partial charge in [0.05, 0.1) is 0 Å². The van der Waals surface area contributed by atoms with Crippen LogP contribution in [-0.4, -0.2) is 43.2 Å². The second kappa shape index (κ2) is 11.4. The van der Waals surface area contributed by atoms with Gasteiger partial charge in [-0.25, -0.2) is 4.39 Å². The van der Waals surface area contributed by atoms with Crippen LogP contribution in [0.5, 0.6) is 5.75 Å². The molecule has 4 aromatic rings. The highest BCUT2D eigenvalue weighted by Crippen LogP contribution is 2.31. The Kier molecular flexibility index (Phi) is 7.62.